The van der Waals surface area contributed by atoms with E-state index in [1.54, 1.807) is 32.6 Å². The van der Waals surface area contributed by atoms with Crippen molar-refractivity contribution in [3.05, 3.63) is 11.4 Å². The largest absolute Gasteiger partial charge is 0.369 e. The van der Waals surface area contributed by atoms with Gasteiger partial charge in [-0.3, -0.25) is 14.3 Å². The monoisotopic (exact) mass is 399 g/mol. The third kappa shape index (κ3) is 4.32. The molecule has 0 saturated carbocycles. The lowest BCUT2D eigenvalue weighted by Gasteiger charge is -2.30. The Morgan fingerprint density at radius 3 is 2.22 bits per heavy atom. The highest BCUT2D eigenvalue weighted by molar-refractivity contribution is 7.89. The summed E-state index contributed by atoms with van der Waals surface area (Å²) >= 11 is 0. The van der Waals surface area contributed by atoms with E-state index in [4.69, 9.17) is 5.73 Å². The van der Waals surface area contributed by atoms with Crippen molar-refractivity contribution in [1.82, 2.24) is 19.0 Å². The molecule has 1 saturated heterocycles. The Kier molecular flexibility index (Phi) is 6.63. The van der Waals surface area contributed by atoms with Crippen LogP contribution < -0.4 is 5.73 Å². The molecule has 0 atom stereocenters. The van der Waals surface area contributed by atoms with Gasteiger partial charge in [-0.2, -0.15) is 9.40 Å². The van der Waals surface area contributed by atoms with Gasteiger partial charge in [-0.1, -0.05) is 13.8 Å². The molecule has 1 aliphatic rings. The summed E-state index contributed by atoms with van der Waals surface area (Å²) < 4.78 is 28.6. The van der Waals surface area contributed by atoms with Crippen LogP contribution in [0.1, 0.15) is 38.1 Å². The standard InChI is InChI=1S/C17H29N5O4S/c1-5-21(6-2)27(25,26)16-12(3)19-22(13(16)4)11-15(23)20-9-7-14(8-10-20)17(18)24/h14H,5-11H2,1-4H3,(H2,18,24). The van der Waals surface area contributed by atoms with Crippen LogP contribution in [0.25, 0.3) is 0 Å². The third-order valence-corrected chi connectivity index (χ3v) is 7.46. The van der Waals surface area contributed by atoms with Gasteiger partial charge in [0, 0.05) is 32.1 Å². The summed E-state index contributed by atoms with van der Waals surface area (Å²) in [7, 11) is -3.65. The smallest absolute Gasteiger partial charge is 0.246 e. The van der Waals surface area contributed by atoms with E-state index in [-0.39, 0.29) is 29.2 Å². The number of primary amides is 1. The fourth-order valence-electron chi connectivity index (χ4n) is 3.54. The van der Waals surface area contributed by atoms with Crippen LogP contribution in [-0.4, -0.2) is 65.4 Å². The van der Waals surface area contributed by atoms with Crippen LogP contribution in [0.3, 0.4) is 0 Å². The number of nitrogens with zero attached hydrogens (tertiary/aromatic N) is 4. The first-order valence-corrected chi connectivity index (χ1v) is 10.7. The van der Waals surface area contributed by atoms with Crippen molar-refractivity contribution < 1.29 is 18.0 Å². The predicted octanol–water partition coefficient (Wildman–Crippen LogP) is 0.254. The first kappa shape index (κ1) is 21.4. The van der Waals surface area contributed by atoms with Gasteiger partial charge >= 0.3 is 0 Å². The number of carbonyl (C=O) groups excluding carboxylic acids is 2. The van der Waals surface area contributed by atoms with Crippen molar-refractivity contribution in [3.8, 4) is 0 Å². The molecule has 10 heteroatoms. The second-order valence-corrected chi connectivity index (χ2v) is 8.68. The molecule has 0 bridgehead atoms. The zero-order valence-electron chi connectivity index (χ0n) is 16.4. The maximum atomic E-state index is 12.9. The van der Waals surface area contributed by atoms with Crippen molar-refractivity contribution >= 4 is 21.8 Å². The molecule has 1 aromatic rings. The first-order valence-electron chi connectivity index (χ1n) is 9.24. The van der Waals surface area contributed by atoms with Crippen LogP contribution in [0.2, 0.25) is 0 Å². The van der Waals surface area contributed by atoms with E-state index in [1.165, 1.54) is 8.99 Å². The van der Waals surface area contributed by atoms with Crippen molar-refractivity contribution in [2.24, 2.45) is 11.7 Å². The van der Waals surface area contributed by atoms with Gasteiger partial charge in [0.15, 0.2) is 0 Å². The van der Waals surface area contributed by atoms with E-state index in [2.05, 4.69) is 5.10 Å². The van der Waals surface area contributed by atoms with E-state index in [0.717, 1.165) is 0 Å². The fourth-order valence-corrected chi connectivity index (χ4v) is 5.37. The van der Waals surface area contributed by atoms with Crippen LogP contribution in [-0.2, 0) is 26.2 Å². The van der Waals surface area contributed by atoms with Crippen LogP contribution in [0.5, 0.6) is 0 Å². The summed E-state index contributed by atoms with van der Waals surface area (Å²) in [4.78, 5) is 25.7. The summed E-state index contributed by atoms with van der Waals surface area (Å²) in [5.74, 6) is -0.657. The minimum atomic E-state index is -3.65. The lowest BCUT2D eigenvalue weighted by molar-refractivity contribution is -0.135. The Bertz CT molecular complexity index is 806. The molecule has 0 aliphatic carbocycles. The number of nitrogens with two attached hydrogens (primary N) is 1. The van der Waals surface area contributed by atoms with Crippen LogP contribution in [0, 0.1) is 19.8 Å². The Morgan fingerprint density at radius 1 is 1.19 bits per heavy atom. The number of sulfonamides is 1. The summed E-state index contributed by atoms with van der Waals surface area (Å²) in [6, 6.07) is 0. The number of piperidine rings is 1. The van der Waals surface area contributed by atoms with Crippen molar-refractivity contribution in [1.29, 1.82) is 0 Å². The van der Waals surface area contributed by atoms with Crippen molar-refractivity contribution in [2.75, 3.05) is 26.2 Å². The molecule has 1 fully saturated rings. The summed E-state index contributed by atoms with van der Waals surface area (Å²) in [6.07, 6.45) is 1.11. The molecule has 2 N–H and O–H groups in total. The summed E-state index contributed by atoms with van der Waals surface area (Å²) in [5, 5.41) is 4.29. The maximum Gasteiger partial charge on any atom is 0.246 e. The fraction of sp³-hybridized carbons (Fsp3) is 0.706. The van der Waals surface area contributed by atoms with E-state index in [9.17, 15) is 18.0 Å². The second kappa shape index (κ2) is 8.39. The first-order chi connectivity index (χ1) is 12.6. The number of amides is 2. The molecule has 1 aliphatic heterocycles. The summed E-state index contributed by atoms with van der Waals surface area (Å²) in [5.41, 5.74) is 6.17. The van der Waals surface area contributed by atoms with E-state index in [1.807, 2.05) is 0 Å². The maximum absolute atomic E-state index is 12.9. The highest BCUT2D eigenvalue weighted by Crippen LogP contribution is 2.24. The lowest BCUT2D eigenvalue weighted by atomic mass is 9.96. The molecule has 0 unspecified atom stereocenters. The average Bonchev–Trinajstić information content (AvgIpc) is 2.89. The molecule has 2 rings (SSSR count). The molecule has 2 heterocycles. The average molecular weight is 400 g/mol. The van der Waals surface area contributed by atoms with Crippen LogP contribution >= 0.6 is 0 Å². The second-order valence-electron chi connectivity index (χ2n) is 6.80. The Hall–Kier alpha value is -1.94. The molecule has 1 aromatic heterocycles. The topological polar surface area (TPSA) is 119 Å². The molecular formula is C17H29N5O4S. The van der Waals surface area contributed by atoms with Crippen molar-refractivity contribution in [2.45, 2.75) is 52.0 Å². The highest BCUT2D eigenvalue weighted by Gasteiger charge is 2.31. The van der Waals surface area contributed by atoms with Gasteiger partial charge in [-0.05, 0) is 26.7 Å². The molecule has 2 amide bonds. The minimum Gasteiger partial charge on any atom is -0.369 e. The van der Waals surface area contributed by atoms with Crippen molar-refractivity contribution in [3.63, 3.8) is 0 Å². The van der Waals surface area contributed by atoms with Gasteiger partial charge < -0.3 is 10.6 Å². The molecular weight excluding hydrogens is 370 g/mol. The van der Waals surface area contributed by atoms with Gasteiger partial charge in [0.05, 0.1) is 11.4 Å². The van der Waals surface area contributed by atoms with Gasteiger partial charge in [0.1, 0.15) is 11.4 Å². The van der Waals surface area contributed by atoms with Gasteiger partial charge in [0.2, 0.25) is 21.8 Å². The molecule has 9 nitrogen and oxygen atoms in total. The predicted molar refractivity (Wildman–Crippen MR) is 100 cm³/mol. The number of aromatic nitrogens is 2. The normalized spacial score (nSPS) is 16.1. The van der Waals surface area contributed by atoms with E-state index < -0.39 is 10.0 Å². The van der Waals surface area contributed by atoms with E-state index >= 15 is 0 Å². The quantitative estimate of drug-likeness (QED) is 0.705. The minimum absolute atomic E-state index is 0.0261. The molecule has 0 spiro atoms. The number of aryl methyl sites for hydroxylation is 1. The third-order valence-electron chi connectivity index (χ3n) is 5.15. The Labute approximate surface area is 160 Å². The Morgan fingerprint density at radius 2 is 1.74 bits per heavy atom. The SMILES string of the molecule is CCN(CC)S(=O)(=O)c1c(C)nn(CC(=O)N2CCC(C(N)=O)CC2)c1C. The van der Waals surface area contributed by atoms with Gasteiger partial charge in [-0.15, -0.1) is 0 Å². The highest BCUT2D eigenvalue weighted by atomic mass is 32.2. The number of likely N-dealkylation sites (tertiary alicyclic amines) is 1. The molecule has 27 heavy (non-hydrogen) atoms. The van der Waals surface area contributed by atoms with Gasteiger partial charge in [-0.25, -0.2) is 8.42 Å². The van der Waals surface area contributed by atoms with Gasteiger partial charge in [0.25, 0.3) is 0 Å². The Balaban J connectivity index is 2.17. The van der Waals surface area contributed by atoms with Crippen LogP contribution in [0.4, 0.5) is 0 Å². The molecule has 0 aromatic carbocycles. The lowest BCUT2D eigenvalue weighted by Crippen LogP contribution is -2.43. The molecule has 152 valence electrons. The number of hydrogen-bond donors (Lipinski definition) is 1. The zero-order chi connectivity index (χ0) is 20.4. The number of rotatable bonds is 7. The number of hydrogen-bond acceptors (Lipinski definition) is 5. The zero-order valence-corrected chi connectivity index (χ0v) is 17.3. The molecule has 0 radical (unpaired) electrons. The van der Waals surface area contributed by atoms with E-state index in [0.29, 0.717) is 50.4 Å². The van der Waals surface area contributed by atoms with Crippen LogP contribution in [0.15, 0.2) is 4.90 Å². The number of carbonyl (C=O) groups is 2. The summed E-state index contributed by atoms with van der Waals surface area (Å²) in [6.45, 7) is 8.54.